The molecule has 0 spiro atoms. The number of anilines is 1. The van der Waals surface area contributed by atoms with Crippen molar-refractivity contribution in [3.8, 4) is 0 Å². The Labute approximate surface area is 98.9 Å². The smallest absolute Gasteiger partial charge is 0.0666 e. The van der Waals surface area contributed by atoms with Gasteiger partial charge in [0, 0.05) is 6.54 Å². The van der Waals surface area contributed by atoms with Gasteiger partial charge in [-0.3, -0.25) is 10.3 Å². The van der Waals surface area contributed by atoms with Gasteiger partial charge in [-0.15, -0.1) is 0 Å². The molecular formula is C14H23NO. The van der Waals surface area contributed by atoms with Gasteiger partial charge in [-0.05, 0) is 30.9 Å². The third-order valence-electron chi connectivity index (χ3n) is 2.79. The van der Waals surface area contributed by atoms with Crippen LogP contribution in [0.1, 0.15) is 45.1 Å². The number of aryl methyl sites for hydroxylation is 1. The summed E-state index contributed by atoms with van der Waals surface area (Å²) < 4.78 is 0. The second kappa shape index (κ2) is 7.29. The van der Waals surface area contributed by atoms with Gasteiger partial charge in [0.25, 0.3) is 0 Å². The predicted molar refractivity (Wildman–Crippen MR) is 69.1 cm³/mol. The van der Waals surface area contributed by atoms with Crippen LogP contribution in [0.2, 0.25) is 0 Å². The molecule has 2 nitrogen and oxygen atoms in total. The van der Waals surface area contributed by atoms with Crippen LogP contribution in [0.15, 0.2) is 24.3 Å². The molecule has 0 bridgehead atoms. The lowest BCUT2D eigenvalue weighted by Gasteiger charge is -2.20. The molecule has 0 fully saturated rings. The van der Waals surface area contributed by atoms with Crippen LogP contribution in [0.4, 0.5) is 5.69 Å². The lowest BCUT2D eigenvalue weighted by molar-refractivity contribution is 0.251. The fraction of sp³-hybridized carbons (Fsp3) is 0.571. The highest BCUT2D eigenvalue weighted by molar-refractivity contribution is 5.51. The summed E-state index contributed by atoms with van der Waals surface area (Å²) in [5.41, 5.74) is 2.23. The first-order valence-electron chi connectivity index (χ1n) is 6.33. The Balaban J connectivity index is 2.68. The first-order chi connectivity index (χ1) is 7.79. The minimum absolute atomic E-state index is 0.722. The molecule has 0 aliphatic heterocycles. The van der Waals surface area contributed by atoms with Crippen molar-refractivity contribution in [3.05, 3.63) is 29.8 Å². The molecule has 0 unspecified atom stereocenters. The molecule has 0 saturated heterocycles. The molecule has 1 aromatic carbocycles. The molecular weight excluding hydrogens is 198 g/mol. The molecule has 0 heterocycles. The summed E-state index contributed by atoms with van der Waals surface area (Å²) >= 11 is 0. The van der Waals surface area contributed by atoms with Crippen molar-refractivity contribution in [2.75, 3.05) is 11.6 Å². The number of hydroxylamine groups is 1. The van der Waals surface area contributed by atoms with Crippen molar-refractivity contribution in [2.45, 2.75) is 46.0 Å². The average Bonchev–Trinajstić information content (AvgIpc) is 2.33. The second-order valence-corrected chi connectivity index (χ2v) is 4.21. The monoisotopic (exact) mass is 221 g/mol. The highest BCUT2D eigenvalue weighted by Gasteiger charge is 2.07. The maximum absolute atomic E-state index is 9.97. The van der Waals surface area contributed by atoms with Gasteiger partial charge >= 0.3 is 0 Å². The summed E-state index contributed by atoms with van der Waals surface area (Å²) in [7, 11) is 0. The van der Waals surface area contributed by atoms with E-state index in [4.69, 9.17) is 0 Å². The molecule has 1 aromatic rings. The Morgan fingerprint density at radius 2 is 1.75 bits per heavy atom. The molecule has 1 rings (SSSR count). The molecule has 0 aliphatic rings. The SMILES string of the molecule is CCCCc1ccccc1N(O)CCCC. The van der Waals surface area contributed by atoms with Crippen molar-refractivity contribution in [1.82, 2.24) is 0 Å². The molecule has 0 amide bonds. The molecule has 0 aromatic heterocycles. The van der Waals surface area contributed by atoms with Gasteiger partial charge in [-0.1, -0.05) is 44.9 Å². The van der Waals surface area contributed by atoms with Crippen molar-refractivity contribution in [3.63, 3.8) is 0 Å². The lowest BCUT2D eigenvalue weighted by atomic mass is 10.1. The van der Waals surface area contributed by atoms with E-state index in [-0.39, 0.29) is 0 Å². The van der Waals surface area contributed by atoms with Gasteiger partial charge in [0.1, 0.15) is 0 Å². The maximum Gasteiger partial charge on any atom is 0.0666 e. The maximum atomic E-state index is 9.97. The Morgan fingerprint density at radius 3 is 2.44 bits per heavy atom. The van der Waals surface area contributed by atoms with Crippen molar-refractivity contribution in [1.29, 1.82) is 0 Å². The lowest BCUT2D eigenvalue weighted by Crippen LogP contribution is -2.20. The van der Waals surface area contributed by atoms with Crippen LogP contribution < -0.4 is 5.06 Å². The van der Waals surface area contributed by atoms with Gasteiger partial charge in [0.15, 0.2) is 0 Å². The van der Waals surface area contributed by atoms with E-state index in [2.05, 4.69) is 19.9 Å². The molecule has 0 atom stereocenters. The summed E-state index contributed by atoms with van der Waals surface area (Å²) in [5.74, 6) is 0. The van der Waals surface area contributed by atoms with Crippen LogP contribution in [-0.2, 0) is 6.42 Å². The average molecular weight is 221 g/mol. The predicted octanol–water partition coefficient (Wildman–Crippen LogP) is 4.02. The van der Waals surface area contributed by atoms with Crippen LogP contribution in [0, 0.1) is 0 Å². The van der Waals surface area contributed by atoms with E-state index in [9.17, 15) is 5.21 Å². The van der Waals surface area contributed by atoms with Crippen molar-refractivity contribution < 1.29 is 5.21 Å². The molecule has 1 N–H and O–H groups in total. The second-order valence-electron chi connectivity index (χ2n) is 4.21. The van der Waals surface area contributed by atoms with Gasteiger partial charge in [0.2, 0.25) is 0 Å². The number of nitrogens with zero attached hydrogens (tertiary/aromatic N) is 1. The molecule has 0 saturated carbocycles. The highest BCUT2D eigenvalue weighted by atomic mass is 16.5. The highest BCUT2D eigenvalue weighted by Crippen LogP contribution is 2.21. The van der Waals surface area contributed by atoms with Crippen LogP contribution in [0.5, 0.6) is 0 Å². The van der Waals surface area contributed by atoms with Crippen LogP contribution in [0.3, 0.4) is 0 Å². The number of hydrogen-bond acceptors (Lipinski definition) is 2. The first-order valence-corrected chi connectivity index (χ1v) is 6.33. The third kappa shape index (κ3) is 3.86. The molecule has 2 heteroatoms. The van der Waals surface area contributed by atoms with Crippen LogP contribution >= 0.6 is 0 Å². The molecule has 0 radical (unpaired) electrons. The number of benzene rings is 1. The summed E-state index contributed by atoms with van der Waals surface area (Å²) in [6, 6.07) is 8.14. The number of rotatable bonds is 7. The first kappa shape index (κ1) is 13.0. The summed E-state index contributed by atoms with van der Waals surface area (Å²) in [4.78, 5) is 0. The zero-order valence-corrected chi connectivity index (χ0v) is 10.4. The van der Waals surface area contributed by atoms with Crippen molar-refractivity contribution in [2.24, 2.45) is 0 Å². The minimum Gasteiger partial charge on any atom is -0.288 e. The Hall–Kier alpha value is -1.02. The standard InChI is InChI=1S/C14H23NO/c1-3-5-9-13-10-7-8-11-14(13)15(16)12-6-4-2/h7-8,10-11,16H,3-6,9,12H2,1-2H3. The number of hydrogen-bond donors (Lipinski definition) is 1. The van der Waals surface area contributed by atoms with E-state index in [1.165, 1.54) is 23.5 Å². The third-order valence-corrected chi connectivity index (χ3v) is 2.79. The largest absolute Gasteiger partial charge is 0.288 e. The van der Waals surface area contributed by atoms with Crippen LogP contribution in [-0.4, -0.2) is 11.8 Å². The summed E-state index contributed by atoms with van der Waals surface area (Å²) in [6.45, 7) is 5.05. The Kier molecular flexibility index (Phi) is 5.94. The quantitative estimate of drug-likeness (QED) is 0.703. The van der Waals surface area contributed by atoms with Gasteiger partial charge in [-0.25, -0.2) is 0 Å². The summed E-state index contributed by atoms with van der Waals surface area (Å²) in [5, 5.41) is 11.4. The summed E-state index contributed by atoms with van der Waals surface area (Å²) in [6.07, 6.45) is 5.55. The van der Waals surface area contributed by atoms with E-state index in [1.807, 2.05) is 18.2 Å². The normalized spacial score (nSPS) is 10.4. The zero-order chi connectivity index (χ0) is 11.8. The Bertz CT molecular complexity index is 299. The fourth-order valence-electron chi connectivity index (χ4n) is 1.77. The topological polar surface area (TPSA) is 23.5 Å². The number of para-hydroxylation sites is 1. The molecule has 0 aliphatic carbocycles. The van der Waals surface area contributed by atoms with Crippen LogP contribution in [0.25, 0.3) is 0 Å². The van der Waals surface area contributed by atoms with Gasteiger partial charge in [0.05, 0.1) is 5.69 Å². The molecule has 90 valence electrons. The van der Waals surface area contributed by atoms with Crippen molar-refractivity contribution >= 4 is 5.69 Å². The van der Waals surface area contributed by atoms with E-state index in [0.29, 0.717) is 0 Å². The zero-order valence-electron chi connectivity index (χ0n) is 10.4. The van der Waals surface area contributed by atoms with E-state index >= 15 is 0 Å². The van der Waals surface area contributed by atoms with E-state index in [0.717, 1.165) is 31.5 Å². The van der Waals surface area contributed by atoms with E-state index in [1.54, 1.807) is 0 Å². The van der Waals surface area contributed by atoms with Gasteiger partial charge in [-0.2, -0.15) is 0 Å². The fourth-order valence-corrected chi connectivity index (χ4v) is 1.77. The van der Waals surface area contributed by atoms with Gasteiger partial charge < -0.3 is 0 Å². The minimum atomic E-state index is 0.722. The number of unbranched alkanes of at least 4 members (excludes halogenated alkanes) is 2. The van der Waals surface area contributed by atoms with E-state index < -0.39 is 0 Å². The molecule has 16 heavy (non-hydrogen) atoms. The Morgan fingerprint density at radius 1 is 1.06 bits per heavy atom.